The number of hydrogen-bond acceptors (Lipinski definition) is 3. The number of nitrogens with zero attached hydrogens (tertiary/aromatic N) is 2. The summed E-state index contributed by atoms with van der Waals surface area (Å²) in [6.07, 6.45) is 1.88. The molecule has 2 N–H and O–H groups in total. The Hall–Kier alpha value is -0.910. The molecule has 2 atom stereocenters. The number of halogens is 1. The van der Waals surface area contributed by atoms with Gasteiger partial charge in [-0.25, -0.2) is 0 Å². The van der Waals surface area contributed by atoms with Crippen LogP contribution in [0.25, 0.3) is 0 Å². The van der Waals surface area contributed by atoms with Crippen molar-refractivity contribution in [2.24, 2.45) is 5.73 Å². The van der Waals surface area contributed by atoms with Gasteiger partial charge in [-0.05, 0) is 30.5 Å². The van der Waals surface area contributed by atoms with Crippen LogP contribution >= 0.6 is 15.9 Å². The van der Waals surface area contributed by atoms with Crippen LogP contribution in [0.5, 0.6) is 0 Å². The highest BCUT2D eigenvalue weighted by Crippen LogP contribution is 2.28. The highest BCUT2D eigenvalue weighted by atomic mass is 79.9. The van der Waals surface area contributed by atoms with Gasteiger partial charge in [0.15, 0.2) is 0 Å². The van der Waals surface area contributed by atoms with E-state index in [1.807, 2.05) is 24.1 Å². The van der Waals surface area contributed by atoms with E-state index in [1.54, 1.807) is 0 Å². The summed E-state index contributed by atoms with van der Waals surface area (Å²) in [5.41, 5.74) is 7.56. The quantitative estimate of drug-likeness (QED) is 0.903. The molecule has 1 amide bonds. The number of carbonyl (C=O) groups is 1. The van der Waals surface area contributed by atoms with Crippen LogP contribution in [0.3, 0.4) is 0 Å². The maximum absolute atomic E-state index is 12.2. The molecule has 21 heavy (non-hydrogen) atoms. The molecule has 116 valence electrons. The Morgan fingerprint density at radius 2 is 2.14 bits per heavy atom. The van der Waals surface area contributed by atoms with Gasteiger partial charge in [-0.3, -0.25) is 9.69 Å². The number of rotatable bonds is 4. The Kier molecular flexibility index (Phi) is 5.79. The molecule has 1 aromatic rings. The van der Waals surface area contributed by atoms with Crippen LogP contribution in [0.1, 0.15) is 31.4 Å². The van der Waals surface area contributed by atoms with Crippen LogP contribution in [0.15, 0.2) is 28.7 Å². The van der Waals surface area contributed by atoms with E-state index in [0.29, 0.717) is 6.54 Å². The van der Waals surface area contributed by atoms with Gasteiger partial charge in [0.25, 0.3) is 0 Å². The van der Waals surface area contributed by atoms with Crippen molar-refractivity contribution >= 4 is 21.8 Å². The Bertz CT molecular complexity index is 494. The van der Waals surface area contributed by atoms with E-state index >= 15 is 0 Å². The average molecular weight is 354 g/mol. The molecule has 1 aromatic carbocycles. The lowest BCUT2D eigenvalue weighted by atomic mass is 9.96. The van der Waals surface area contributed by atoms with E-state index in [4.69, 9.17) is 5.73 Å². The average Bonchev–Trinajstić information content (AvgIpc) is 2.61. The first kappa shape index (κ1) is 16.5. The fourth-order valence-electron chi connectivity index (χ4n) is 2.89. The fraction of sp³-hybridized carbons (Fsp3) is 0.562. The van der Waals surface area contributed by atoms with Gasteiger partial charge in [-0.2, -0.15) is 0 Å². The van der Waals surface area contributed by atoms with Crippen LogP contribution in [0, 0.1) is 0 Å². The summed E-state index contributed by atoms with van der Waals surface area (Å²) >= 11 is 3.53. The molecule has 0 bridgehead atoms. The molecule has 0 aliphatic carbocycles. The largest absolute Gasteiger partial charge is 0.345 e. The monoisotopic (exact) mass is 353 g/mol. The number of hydrogen-bond donors (Lipinski definition) is 1. The van der Waals surface area contributed by atoms with E-state index < -0.39 is 0 Å². The Labute approximate surface area is 135 Å². The zero-order valence-corrected chi connectivity index (χ0v) is 14.3. The number of amides is 1. The normalized spacial score (nSPS) is 20.2. The molecule has 0 aromatic heterocycles. The zero-order chi connectivity index (χ0) is 15.4. The summed E-state index contributed by atoms with van der Waals surface area (Å²) in [6.45, 7) is 4.27. The summed E-state index contributed by atoms with van der Waals surface area (Å²) in [5.74, 6) is 0.177. The summed E-state index contributed by atoms with van der Waals surface area (Å²) in [5, 5.41) is 0. The molecule has 2 unspecified atom stereocenters. The first-order valence-corrected chi connectivity index (χ1v) is 8.31. The van der Waals surface area contributed by atoms with Crippen molar-refractivity contribution in [1.82, 2.24) is 9.80 Å². The summed E-state index contributed by atoms with van der Waals surface area (Å²) in [7, 11) is 1.87. The minimum absolute atomic E-state index is 0.0236. The van der Waals surface area contributed by atoms with Gasteiger partial charge in [0.1, 0.15) is 0 Å². The lowest BCUT2D eigenvalue weighted by molar-refractivity contribution is -0.130. The maximum atomic E-state index is 12.2. The van der Waals surface area contributed by atoms with Gasteiger partial charge in [0.2, 0.25) is 5.91 Å². The molecule has 0 radical (unpaired) electrons. The van der Waals surface area contributed by atoms with E-state index in [0.717, 1.165) is 30.4 Å². The van der Waals surface area contributed by atoms with Crippen LogP contribution in [0.4, 0.5) is 0 Å². The molecule has 4 nitrogen and oxygen atoms in total. The van der Waals surface area contributed by atoms with Gasteiger partial charge < -0.3 is 10.6 Å². The van der Waals surface area contributed by atoms with E-state index in [2.05, 4.69) is 39.9 Å². The fourth-order valence-corrected chi connectivity index (χ4v) is 3.31. The molecule has 1 aliphatic heterocycles. The second kappa shape index (κ2) is 7.38. The highest BCUT2D eigenvalue weighted by molar-refractivity contribution is 9.10. The Balaban J connectivity index is 2.29. The number of carbonyl (C=O) groups excluding carboxylic acids is 1. The van der Waals surface area contributed by atoms with Crippen LogP contribution in [-0.4, -0.2) is 48.4 Å². The minimum Gasteiger partial charge on any atom is -0.345 e. The molecular weight excluding hydrogens is 330 g/mol. The van der Waals surface area contributed by atoms with Gasteiger partial charge >= 0.3 is 0 Å². The van der Waals surface area contributed by atoms with Crippen molar-refractivity contribution in [1.29, 1.82) is 0 Å². The molecule has 1 heterocycles. The smallest absolute Gasteiger partial charge is 0.236 e. The van der Waals surface area contributed by atoms with Crippen LogP contribution in [-0.2, 0) is 4.79 Å². The molecule has 0 saturated carbocycles. The van der Waals surface area contributed by atoms with Crippen molar-refractivity contribution in [3.8, 4) is 0 Å². The van der Waals surface area contributed by atoms with Crippen LogP contribution in [0.2, 0.25) is 0 Å². The van der Waals surface area contributed by atoms with Crippen molar-refractivity contribution in [2.75, 3.05) is 26.7 Å². The third-order valence-corrected chi connectivity index (χ3v) is 4.66. The van der Waals surface area contributed by atoms with Crippen LogP contribution < -0.4 is 5.73 Å². The lowest BCUT2D eigenvalue weighted by Gasteiger charge is -2.34. The number of likely N-dealkylation sites (N-methyl/N-ethyl adjacent to an activating group) is 1. The number of benzene rings is 1. The van der Waals surface area contributed by atoms with E-state index in [9.17, 15) is 4.79 Å². The van der Waals surface area contributed by atoms with Crippen molar-refractivity contribution in [3.05, 3.63) is 34.3 Å². The second-order valence-corrected chi connectivity index (χ2v) is 6.63. The molecule has 5 heteroatoms. The summed E-state index contributed by atoms with van der Waals surface area (Å²) in [4.78, 5) is 16.2. The van der Waals surface area contributed by atoms with Gasteiger partial charge in [0.05, 0.1) is 12.6 Å². The molecular formula is C16H24BrN3O. The molecule has 1 fully saturated rings. The first-order chi connectivity index (χ1) is 10.0. The SMILES string of the molecule is CCC(N)C(c1cccc(Br)c1)N1CCCN(C)C(=O)C1. The highest BCUT2D eigenvalue weighted by Gasteiger charge is 2.29. The van der Waals surface area contributed by atoms with E-state index in [1.165, 1.54) is 5.56 Å². The number of nitrogens with two attached hydrogens (primary N) is 1. The summed E-state index contributed by atoms with van der Waals surface area (Å²) < 4.78 is 1.05. The van der Waals surface area contributed by atoms with Crippen molar-refractivity contribution in [3.63, 3.8) is 0 Å². The maximum Gasteiger partial charge on any atom is 0.236 e. The molecule has 1 saturated heterocycles. The minimum atomic E-state index is 0.0236. The topological polar surface area (TPSA) is 49.6 Å². The Morgan fingerprint density at radius 3 is 2.81 bits per heavy atom. The van der Waals surface area contributed by atoms with Crippen molar-refractivity contribution < 1.29 is 4.79 Å². The molecule has 1 aliphatic rings. The van der Waals surface area contributed by atoms with Crippen molar-refractivity contribution in [2.45, 2.75) is 31.8 Å². The first-order valence-electron chi connectivity index (χ1n) is 7.52. The predicted molar refractivity (Wildman–Crippen MR) is 89.0 cm³/mol. The van der Waals surface area contributed by atoms with Gasteiger partial charge in [0, 0.05) is 30.7 Å². The third kappa shape index (κ3) is 4.05. The Morgan fingerprint density at radius 1 is 1.38 bits per heavy atom. The predicted octanol–water partition coefficient (Wildman–Crippen LogP) is 2.39. The van der Waals surface area contributed by atoms with E-state index in [-0.39, 0.29) is 18.0 Å². The van der Waals surface area contributed by atoms with Gasteiger partial charge in [-0.15, -0.1) is 0 Å². The lowest BCUT2D eigenvalue weighted by Crippen LogP contribution is -2.44. The standard InChI is InChI=1S/C16H24BrN3O/c1-3-14(18)16(12-6-4-7-13(17)10-12)20-9-5-8-19(2)15(21)11-20/h4,6-7,10,14,16H,3,5,8-9,11,18H2,1-2H3. The summed E-state index contributed by atoms with van der Waals surface area (Å²) in [6, 6.07) is 8.36. The zero-order valence-electron chi connectivity index (χ0n) is 12.8. The van der Waals surface area contributed by atoms with Gasteiger partial charge in [-0.1, -0.05) is 35.0 Å². The second-order valence-electron chi connectivity index (χ2n) is 5.71. The third-order valence-electron chi connectivity index (χ3n) is 4.16. The molecule has 0 spiro atoms. The molecule has 2 rings (SSSR count).